The summed E-state index contributed by atoms with van der Waals surface area (Å²) >= 11 is 0. The highest BCUT2D eigenvalue weighted by Crippen LogP contribution is 2.34. The van der Waals surface area contributed by atoms with Crippen LogP contribution in [-0.4, -0.2) is 49.0 Å². The van der Waals surface area contributed by atoms with E-state index in [1.54, 1.807) is 30.3 Å². The molecular formula is C18H20O9. The molecule has 9 nitrogen and oxygen atoms in total. The third-order valence-corrected chi connectivity index (χ3v) is 3.64. The van der Waals surface area contributed by atoms with Crippen molar-refractivity contribution in [1.29, 1.82) is 0 Å². The van der Waals surface area contributed by atoms with Crippen molar-refractivity contribution < 1.29 is 42.9 Å². The SMILES string of the molecule is CC(=O)OCC(OC(C)=O)C(OC(C)=O)C1OC(=O)OC1c1ccccc1. The molecule has 0 bridgehead atoms. The summed E-state index contributed by atoms with van der Waals surface area (Å²) in [5.74, 6) is -2.01. The van der Waals surface area contributed by atoms with Crippen LogP contribution in [0, 0.1) is 0 Å². The molecule has 4 unspecified atom stereocenters. The summed E-state index contributed by atoms with van der Waals surface area (Å²) < 4.78 is 25.7. The summed E-state index contributed by atoms with van der Waals surface area (Å²) in [5.41, 5.74) is 0.597. The number of cyclic esters (lactones) is 2. The van der Waals surface area contributed by atoms with E-state index in [1.165, 1.54) is 6.92 Å². The maximum Gasteiger partial charge on any atom is 0.509 e. The fourth-order valence-corrected chi connectivity index (χ4v) is 2.67. The molecule has 9 heteroatoms. The summed E-state index contributed by atoms with van der Waals surface area (Å²) in [6.07, 6.45) is -5.41. The molecule has 1 aliphatic rings. The van der Waals surface area contributed by atoms with Gasteiger partial charge in [0.25, 0.3) is 0 Å². The third kappa shape index (κ3) is 5.70. The summed E-state index contributed by atoms with van der Waals surface area (Å²) in [4.78, 5) is 46.0. The monoisotopic (exact) mass is 380 g/mol. The normalized spacial score (nSPS) is 20.6. The second kappa shape index (κ2) is 9.02. The van der Waals surface area contributed by atoms with Gasteiger partial charge in [-0.25, -0.2) is 4.79 Å². The third-order valence-electron chi connectivity index (χ3n) is 3.64. The molecule has 0 radical (unpaired) electrons. The van der Waals surface area contributed by atoms with Crippen molar-refractivity contribution in [2.24, 2.45) is 0 Å². The average Bonchev–Trinajstić information content (AvgIpc) is 2.98. The van der Waals surface area contributed by atoms with Crippen LogP contribution in [0.5, 0.6) is 0 Å². The van der Waals surface area contributed by atoms with Gasteiger partial charge in [0.2, 0.25) is 0 Å². The van der Waals surface area contributed by atoms with E-state index in [-0.39, 0.29) is 6.61 Å². The maximum atomic E-state index is 11.8. The molecule has 146 valence electrons. The van der Waals surface area contributed by atoms with Crippen LogP contribution in [0.1, 0.15) is 32.4 Å². The zero-order chi connectivity index (χ0) is 20.0. The first-order chi connectivity index (χ1) is 12.8. The van der Waals surface area contributed by atoms with E-state index in [0.717, 1.165) is 13.8 Å². The van der Waals surface area contributed by atoms with E-state index in [0.29, 0.717) is 5.56 Å². The van der Waals surface area contributed by atoms with Crippen LogP contribution in [0.2, 0.25) is 0 Å². The maximum absolute atomic E-state index is 11.8. The van der Waals surface area contributed by atoms with Crippen molar-refractivity contribution in [3.05, 3.63) is 35.9 Å². The highest BCUT2D eigenvalue weighted by atomic mass is 16.8. The second-order valence-electron chi connectivity index (χ2n) is 5.81. The molecule has 27 heavy (non-hydrogen) atoms. The Hall–Kier alpha value is -3.10. The van der Waals surface area contributed by atoms with Crippen molar-refractivity contribution in [3.63, 3.8) is 0 Å². The van der Waals surface area contributed by atoms with Crippen LogP contribution in [-0.2, 0) is 38.1 Å². The minimum Gasteiger partial charge on any atom is -0.462 e. The summed E-state index contributed by atoms with van der Waals surface area (Å²) in [6.45, 7) is 3.09. The number of ether oxygens (including phenoxy) is 5. The van der Waals surface area contributed by atoms with Gasteiger partial charge in [0.15, 0.2) is 24.4 Å². The van der Waals surface area contributed by atoms with E-state index in [2.05, 4.69) is 0 Å². The van der Waals surface area contributed by atoms with Crippen LogP contribution in [0.4, 0.5) is 4.79 Å². The largest absolute Gasteiger partial charge is 0.509 e. The zero-order valence-electron chi connectivity index (χ0n) is 15.1. The first-order valence-electron chi connectivity index (χ1n) is 8.18. The van der Waals surface area contributed by atoms with E-state index in [1.807, 2.05) is 0 Å². The van der Waals surface area contributed by atoms with Crippen LogP contribution < -0.4 is 0 Å². The first kappa shape index (κ1) is 20.2. The van der Waals surface area contributed by atoms with E-state index < -0.39 is 48.5 Å². The van der Waals surface area contributed by atoms with Crippen LogP contribution in [0.25, 0.3) is 0 Å². The van der Waals surface area contributed by atoms with Gasteiger partial charge in [0, 0.05) is 20.8 Å². The molecule has 4 atom stereocenters. The lowest BCUT2D eigenvalue weighted by molar-refractivity contribution is -0.182. The van der Waals surface area contributed by atoms with Gasteiger partial charge >= 0.3 is 24.1 Å². The highest BCUT2D eigenvalue weighted by molar-refractivity contribution is 5.68. The molecule has 1 aliphatic heterocycles. The lowest BCUT2D eigenvalue weighted by Gasteiger charge is -2.30. The van der Waals surface area contributed by atoms with Crippen molar-refractivity contribution in [2.75, 3.05) is 6.61 Å². The molecule has 1 aromatic rings. The quantitative estimate of drug-likeness (QED) is 0.515. The van der Waals surface area contributed by atoms with Crippen molar-refractivity contribution in [3.8, 4) is 0 Å². The molecule has 1 aromatic carbocycles. The highest BCUT2D eigenvalue weighted by Gasteiger charge is 2.49. The molecule has 1 heterocycles. The molecule has 0 spiro atoms. The second-order valence-corrected chi connectivity index (χ2v) is 5.81. The molecule has 2 rings (SSSR count). The molecule has 0 aromatic heterocycles. The number of carbonyl (C=O) groups is 4. The Morgan fingerprint density at radius 3 is 2.15 bits per heavy atom. The molecule has 0 aliphatic carbocycles. The smallest absolute Gasteiger partial charge is 0.462 e. The Balaban J connectivity index is 2.35. The number of carbonyl (C=O) groups excluding carboxylic acids is 4. The Morgan fingerprint density at radius 1 is 0.963 bits per heavy atom. The molecule has 0 amide bonds. The van der Waals surface area contributed by atoms with Gasteiger partial charge in [-0.2, -0.15) is 0 Å². The number of hydrogen-bond acceptors (Lipinski definition) is 9. The molecule has 0 N–H and O–H groups in total. The van der Waals surface area contributed by atoms with Gasteiger partial charge < -0.3 is 23.7 Å². The number of rotatable bonds is 7. The van der Waals surface area contributed by atoms with Gasteiger partial charge in [-0.05, 0) is 5.56 Å². The predicted octanol–water partition coefficient (Wildman–Crippen LogP) is 1.69. The van der Waals surface area contributed by atoms with E-state index in [4.69, 9.17) is 23.7 Å². The Labute approximate surface area is 155 Å². The van der Waals surface area contributed by atoms with Crippen LogP contribution in [0.3, 0.4) is 0 Å². The molecule has 0 saturated carbocycles. The standard InChI is InChI=1S/C18H20O9/c1-10(19)23-9-14(24-11(2)20)16(25-12(3)21)17-15(26-18(22)27-17)13-7-5-4-6-8-13/h4-8,14-17H,9H2,1-3H3. The summed E-state index contributed by atoms with van der Waals surface area (Å²) in [5, 5.41) is 0. The van der Waals surface area contributed by atoms with E-state index in [9.17, 15) is 19.2 Å². The lowest BCUT2D eigenvalue weighted by atomic mass is 9.97. The summed E-state index contributed by atoms with van der Waals surface area (Å²) in [6, 6.07) is 8.67. The fraction of sp³-hybridized carbons (Fsp3) is 0.444. The van der Waals surface area contributed by atoms with Crippen LogP contribution in [0.15, 0.2) is 30.3 Å². The minimum absolute atomic E-state index is 0.386. The molecule has 1 fully saturated rings. The van der Waals surface area contributed by atoms with Crippen molar-refractivity contribution >= 4 is 24.1 Å². The first-order valence-corrected chi connectivity index (χ1v) is 8.18. The van der Waals surface area contributed by atoms with Crippen molar-refractivity contribution in [1.82, 2.24) is 0 Å². The Kier molecular flexibility index (Phi) is 6.75. The fourth-order valence-electron chi connectivity index (χ4n) is 2.67. The number of hydrogen-bond donors (Lipinski definition) is 0. The molecular weight excluding hydrogens is 360 g/mol. The minimum atomic E-state index is -1.25. The Bertz CT molecular complexity index is 700. The van der Waals surface area contributed by atoms with Gasteiger partial charge in [-0.15, -0.1) is 0 Å². The van der Waals surface area contributed by atoms with Gasteiger partial charge in [-0.3, -0.25) is 14.4 Å². The Morgan fingerprint density at radius 2 is 1.59 bits per heavy atom. The van der Waals surface area contributed by atoms with E-state index >= 15 is 0 Å². The predicted molar refractivity (Wildman–Crippen MR) is 88.3 cm³/mol. The molecule has 1 saturated heterocycles. The number of benzene rings is 1. The van der Waals surface area contributed by atoms with Gasteiger partial charge in [0.1, 0.15) is 6.61 Å². The van der Waals surface area contributed by atoms with Gasteiger partial charge in [0.05, 0.1) is 0 Å². The van der Waals surface area contributed by atoms with Crippen molar-refractivity contribution in [2.45, 2.75) is 45.2 Å². The number of esters is 3. The topological polar surface area (TPSA) is 114 Å². The van der Waals surface area contributed by atoms with Crippen LogP contribution >= 0.6 is 0 Å². The zero-order valence-corrected chi connectivity index (χ0v) is 15.1. The van der Waals surface area contributed by atoms with Gasteiger partial charge in [-0.1, -0.05) is 30.3 Å². The average molecular weight is 380 g/mol. The lowest BCUT2D eigenvalue weighted by Crippen LogP contribution is -2.47. The summed E-state index contributed by atoms with van der Waals surface area (Å²) in [7, 11) is 0.